The SMILES string of the molecule is Cc1cc(C)cc(C(=O)CCN(C)CCOCC2CC2)c1. The van der Waals surface area contributed by atoms with Crippen LogP contribution in [0.1, 0.15) is 40.7 Å². The van der Waals surface area contributed by atoms with Crippen molar-refractivity contribution in [2.45, 2.75) is 33.1 Å². The molecule has 1 aromatic rings. The fourth-order valence-corrected chi connectivity index (χ4v) is 2.44. The number of benzene rings is 1. The first-order valence-corrected chi connectivity index (χ1v) is 7.92. The number of nitrogens with zero attached hydrogens (tertiary/aromatic N) is 1. The highest BCUT2D eigenvalue weighted by Crippen LogP contribution is 2.28. The minimum atomic E-state index is 0.229. The quantitative estimate of drug-likeness (QED) is 0.516. The Kier molecular flexibility index (Phi) is 5.95. The Morgan fingerprint density at radius 1 is 1.19 bits per heavy atom. The van der Waals surface area contributed by atoms with Gasteiger partial charge in [0.05, 0.1) is 6.61 Å². The lowest BCUT2D eigenvalue weighted by molar-refractivity contribution is 0.0918. The summed E-state index contributed by atoms with van der Waals surface area (Å²) in [5, 5.41) is 0. The fourth-order valence-electron chi connectivity index (χ4n) is 2.44. The molecule has 116 valence electrons. The minimum absolute atomic E-state index is 0.229. The first-order chi connectivity index (χ1) is 10.0. The fraction of sp³-hybridized carbons (Fsp3) is 0.611. The maximum Gasteiger partial charge on any atom is 0.164 e. The summed E-state index contributed by atoms with van der Waals surface area (Å²) in [7, 11) is 2.05. The van der Waals surface area contributed by atoms with E-state index in [-0.39, 0.29) is 5.78 Å². The van der Waals surface area contributed by atoms with Crippen LogP contribution in [0.4, 0.5) is 0 Å². The Morgan fingerprint density at radius 3 is 2.48 bits per heavy atom. The molecule has 1 aliphatic rings. The molecule has 0 radical (unpaired) electrons. The van der Waals surface area contributed by atoms with Gasteiger partial charge in [-0.15, -0.1) is 0 Å². The normalized spacial score (nSPS) is 14.7. The Labute approximate surface area is 128 Å². The van der Waals surface area contributed by atoms with Crippen LogP contribution in [0.5, 0.6) is 0 Å². The lowest BCUT2D eigenvalue weighted by Crippen LogP contribution is -2.26. The van der Waals surface area contributed by atoms with Crippen LogP contribution in [-0.4, -0.2) is 44.0 Å². The van der Waals surface area contributed by atoms with Crippen molar-refractivity contribution in [1.29, 1.82) is 0 Å². The summed E-state index contributed by atoms with van der Waals surface area (Å²) in [4.78, 5) is 14.4. The molecule has 0 N–H and O–H groups in total. The molecule has 0 bridgehead atoms. The molecule has 3 nitrogen and oxygen atoms in total. The third-order valence-corrected chi connectivity index (χ3v) is 3.93. The number of carbonyl (C=O) groups is 1. The Bertz CT molecular complexity index is 460. The maximum absolute atomic E-state index is 12.2. The van der Waals surface area contributed by atoms with Gasteiger partial charge in [-0.25, -0.2) is 0 Å². The number of likely N-dealkylation sites (N-methyl/N-ethyl adjacent to an activating group) is 1. The van der Waals surface area contributed by atoms with Crippen LogP contribution in [0.3, 0.4) is 0 Å². The molecule has 21 heavy (non-hydrogen) atoms. The molecule has 0 heterocycles. The van der Waals surface area contributed by atoms with E-state index >= 15 is 0 Å². The van der Waals surface area contributed by atoms with Gasteiger partial charge in [-0.1, -0.05) is 17.2 Å². The molecule has 0 aromatic heterocycles. The molecule has 1 aliphatic carbocycles. The zero-order valence-electron chi connectivity index (χ0n) is 13.5. The van der Waals surface area contributed by atoms with Crippen molar-refractivity contribution in [2.75, 3.05) is 33.4 Å². The second-order valence-corrected chi connectivity index (χ2v) is 6.37. The molecule has 1 fully saturated rings. The summed E-state index contributed by atoms with van der Waals surface area (Å²) >= 11 is 0. The number of hydrogen-bond donors (Lipinski definition) is 0. The summed E-state index contributed by atoms with van der Waals surface area (Å²) in [5.74, 6) is 1.05. The molecular weight excluding hydrogens is 262 g/mol. The molecular formula is C18H27NO2. The third kappa shape index (κ3) is 5.98. The highest BCUT2D eigenvalue weighted by atomic mass is 16.5. The topological polar surface area (TPSA) is 29.5 Å². The molecule has 0 unspecified atom stereocenters. The van der Waals surface area contributed by atoms with Gasteiger partial charge in [0.2, 0.25) is 0 Å². The zero-order chi connectivity index (χ0) is 15.2. The van der Waals surface area contributed by atoms with Gasteiger partial charge >= 0.3 is 0 Å². The van der Waals surface area contributed by atoms with Gasteiger partial charge in [0.15, 0.2) is 5.78 Å². The highest BCUT2D eigenvalue weighted by Gasteiger charge is 2.20. The van der Waals surface area contributed by atoms with Crippen LogP contribution >= 0.6 is 0 Å². The van der Waals surface area contributed by atoms with Crippen LogP contribution in [0.2, 0.25) is 0 Å². The lowest BCUT2D eigenvalue weighted by atomic mass is 10.0. The smallest absolute Gasteiger partial charge is 0.164 e. The predicted molar refractivity (Wildman–Crippen MR) is 85.9 cm³/mol. The van der Waals surface area contributed by atoms with E-state index in [1.807, 2.05) is 26.0 Å². The van der Waals surface area contributed by atoms with Crippen molar-refractivity contribution < 1.29 is 9.53 Å². The number of aryl methyl sites for hydroxylation is 2. The number of carbonyl (C=O) groups excluding carboxylic acids is 1. The molecule has 0 amide bonds. The van der Waals surface area contributed by atoms with E-state index in [1.54, 1.807) is 0 Å². The van der Waals surface area contributed by atoms with Crippen LogP contribution in [0.15, 0.2) is 18.2 Å². The van der Waals surface area contributed by atoms with Gasteiger partial charge in [-0.05, 0) is 51.8 Å². The molecule has 0 saturated heterocycles. The molecule has 0 spiro atoms. The number of ether oxygens (including phenoxy) is 1. The van der Waals surface area contributed by atoms with E-state index < -0.39 is 0 Å². The maximum atomic E-state index is 12.2. The van der Waals surface area contributed by atoms with Crippen molar-refractivity contribution in [1.82, 2.24) is 4.90 Å². The van der Waals surface area contributed by atoms with E-state index in [4.69, 9.17) is 4.74 Å². The molecule has 0 atom stereocenters. The predicted octanol–water partition coefficient (Wildman–Crippen LogP) is 3.23. The minimum Gasteiger partial charge on any atom is -0.380 e. The monoisotopic (exact) mass is 289 g/mol. The van der Waals surface area contributed by atoms with Crippen LogP contribution in [0.25, 0.3) is 0 Å². The molecule has 0 aliphatic heterocycles. The summed E-state index contributed by atoms with van der Waals surface area (Å²) in [6, 6.07) is 6.06. The van der Waals surface area contributed by atoms with E-state index in [9.17, 15) is 4.79 Å². The first-order valence-electron chi connectivity index (χ1n) is 7.92. The number of ketones is 1. The highest BCUT2D eigenvalue weighted by molar-refractivity contribution is 5.96. The average Bonchev–Trinajstić information content (AvgIpc) is 3.24. The van der Waals surface area contributed by atoms with Crippen LogP contribution in [0, 0.1) is 19.8 Å². The number of Topliss-reactive ketones (excluding diaryl/α,β-unsaturated/α-hetero) is 1. The number of hydrogen-bond acceptors (Lipinski definition) is 3. The second kappa shape index (κ2) is 7.71. The molecule has 3 heteroatoms. The van der Waals surface area contributed by atoms with Gasteiger partial charge in [0.25, 0.3) is 0 Å². The summed E-state index contributed by atoms with van der Waals surface area (Å²) < 4.78 is 5.62. The van der Waals surface area contributed by atoms with Crippen molar-refractivity contribution in [3.8, 4) is 0 Å². The van der Waals surface area contributed by atoms with Crippen molar-refractivity contribution in [3.63, 3.8) is 0 Å². The van der Waals surface area contributed by atoms with Crippen LogP contribution in [-0.2, 0) is 4.74 Å². The average molecular weight is 289 g/mol. The lowest BCUT2D eigenvalue weighted by Gasteiger charge is -2.16. The summed E-state index contributed by atoms with van der Waals surface area (Å²) in [6.45, 7) is 7.44. The standard InChI is InChI=1S/C18H27NO2/c1-14-10-15(2)12-17(11-14)18(20)6-7-19(3)8-9-21-13-16-4-5-16/h10-12,16H,4-9,13H2,1-3H3. The van der Waals surface area contributed by atoms with Gasteiger partial charge in [-0.2, -0.15) is 0 Å². The summed E-state index contributed by atoms with van der Waals surface area (Å²) in [5.41, 5.74) is 3.14. The Balaban J connectivity index is 1.67. The largest absolute Gasteiger partial charge is 0.380 e. The van der Waals surface area contributed by atoms with Crippen molar-refractivity contribution >= 4 is 5.78 Å². The van der Waals surface area contributed by atoms with E-state index in [1.165, 1.54) is 12.8 Å². The van der Waals surface area contributed by atoms with Crippen LogP contribution < -0.4 is 0 Å². The van der Waals surface area contributed by atoms with Gasteiger partial charge in [0.1, 0.15) is 0 Å². The molecule has 1 aromatic carbocycles. The van der Waals surface area contributed by atoms with Crippen molar-refractivity contribution in [2.24, 2.45) is 5.92 Å². The van der Waals surface area contributed by atoms with E-state index in [2.05, 4.69) is 18.0 Å². The van der Waals surface area contributed by atoms with Gasteiger partial charge in [0, 0.05) is 31.7 Å². The van der Waals surface area contributed by atoms with E-state index in [0.29, 0.717) is 6.42 Å². The van der Waals surface area contributed by atoms with Crippen molar-refractivity contribution in [3.05, 3.63) is 34.9 Å². The summed E-state index contributed by atoms with van der Waals surface area (Å²) in [6.07, 6.45) is 3.24. The first kappa shape index (κ1) is 16.2. The zero-order valence-corrected chi connectivity index (χ0v) is 13.5. The van der Waals surface area contributed by atoms with E-state index in [0.717, 1.165) is 48.9 Å². The number of rotatable bonds is 9. The Morgan fingerprint density at radius 2 is 1.86 bits per heavy atom. The second-order valence-electron chi connectivity index (χ2n) is 6.37. The third-order valence-electron chi connectivity index (χ3n) is 3.93. The van der Waals surface area contributed by atoms with Gasteiger partial charge in [-0.3, -0.25) is 4.79 Å². The molecule has 1 saturated carbocycles. The Hall–Kier alpha value is -1.19. The van der Waals surface area contributed by atoms with Gasteiger partial charge < -0.3 is 9.64 Å². The molecule has 2 rings (SSSR count).